The summed E-state index contributed by atoms with van der Waals surface area (Å²) in [5, 5.41) is 9.31. The van der Waals surface area contributed by atoms with Crippen molar-refractivity contribution in [1.29, 1.82) is 0 Å². The maximum atomic E-state index is 9.31. The molecule has 0 amide bonds. The van der Waals surface area contributed by atoms with Crippen molar-refractivity contribution < 1.29 is 5.11 Å². The third-order valence-corrected chi connectivity index (χ3v) is 4.44. The zero-order valence-corrected chi connectivity index (χ0v) is 10.9. The quantitative estimate of drug-likeness (QED) is 0.841. The van der Waals surface area contributed by atoms with Crippen LogP contribution >= 0.6 is 0 Å². The van der Waals surface area contributed by atoms with E-state index in [-0.39, 0.29) is 17.4 Å². The predicted molar refractivity (Wildman–Crippen MR) is 71.1 cm³/mol. The van der Waals surface area contributed by atoms with E-state index < -0.39 is 0 Å². The third-order valence-electron chi connectivity index (χ3n) is 4.44. The van der Waals surface area contributed by atoms with Gasteiger partial charge in [-0.2, -0.15) is 0 Å². The van der Waals surface area contributed by atoms with E-state index in [4.69, 9.17) is 5.73 Å². The smallest absolute Gasteiger partial charge is 0.0440 e. The van der Waals surface area contributed by atoms with E-state index in [9.17, 15) is 5.11 Å². The van der Waals surface area contributed by atoms with Crippen molar-refractivity contribution in [3.63, 3.8) is 0 Å². The fraction of sp³-hybridized carbons (Fsp3) is 0.600. The van der Waals surface area contributed by atoms with Crippen molar-refractivity contribution in [3.05, 3.63) is 35.4 Å². The van der Waals surface area contributed by atoms with Crippen LogP contribution in [0.4, 0.5) is 0 Å². The number of hydrogen-bond donors (Lipinski definition) is 2. The van der Waals surface area contributed by atoms with Gasteiger partial charge >= 0.3 is 0 Å². The summed E-state index contributed by atoms with van der Waals surface area (Å²) in [6.45, 7) is 5.43. The lowest BCUT2D eigenvalue weighted by molar-refractivity contribution is 0.207. The standard InChI is InChI=1S/C15H23NO/c1-14(2)7-8-15(11-16,9-10-17)13-6-4-3-5-12(13)14/h3-6,17H,7-11,16H2,1-2H3. The second kappa shape index (κ2) is 4.43. The van der Waals surface area contributed by atoms with Crippen LogP contribution < -0.4 is 5.73 Å². The molecule has 2 heteroatoms. The number of fused-ring (bicyclic) bond motifs is 1. The SMILES string of the molecule is CC1(C)CCC(CN)(CCO)c2ccccc21. The lowest BCUT2D eigenvalue weighted by atomic mass is 9.60. The minimum Gasteiger partial charge on any atom is -0.396 e. The average Bonchev–Trinajstić information content (AvgIpc) is 2.34. The molecule has 0 spiro atoms. The Hall–Kier alpha value is -0.860. The van der Waals surface area contributed by atoms with E-state index in [0.29, 0.717) is 6.54 Å². The van der Waals surface area contributed by atoms with Crippen LogP contribution in [-0.4, -0.2) is 18.3 Å². The van der Waals surface area contributed by atoms with Crippen molar-refractivity contribution >= 4 is 0 Å². The van der Waals surface area contributed by atoms with E-state index in [0.717, 1.165) is 19.3 Å². The molecular formula is C15H23NO. The Morgan fingerprint density at radius 3 is 2.41 bits per heavy atom. The average molecular weight is 233 g/mol. The fourth-order valence-corrected chi connectivity index (χ4v) is 3.14. The summed E-state index contributed by atoms with van der Waals surface area (Å²) in [5.74, 6) is 0. The minimum atomic E-state index is -0.0130. The van der Waals surface area contributed by atoms with E-state index in [2.05, 4.69) is 38.1 Å². The van der Waals surface area contributed by atoms with E-state index in [1.54, 1.807) is 0 Å². The first kappa shape index (κ1) is 12.6. The Morgan fingerprint density at radius 1 is 1.18 bits per heavy atom. The molecule has 1 aliphatic carbocycles. The van der Waals surface area contributed by atoms with Crippen LogP contribution in [0, 0.1) is 0 Å². The number of aliphatic hydroxyl groups excluding tert-OH is 1. The van der Waals surface area contributed by atoms with Gasteiger partial charge in [-0.15, -0.1) is 0 Å². The largest absolute Gasteiger partial charge is 0.396 e. The molecule has 94 valence electrons. The molecule has 2 rings (SSSR count). The first-order chi connectivity index (χ1) is 8.06. The van der Waals surface area contributed by atoms with Gasteiger partial charge in [-0.05, 0) is 35.8 Å². The zero-order valence-electron chi connectivity index (χ0n) is 10.9. The second-order valence-corrected chi connectivity index (χ2v) is 5.89. The number of hydrogen-bond acceptors (Lipinski definition) is 2. The number of benzene rings is 1. The normalized spacial score (nSPS) is 26.6. The van der Waals surface area contributed by atoms with Gasteiger partial charge in [0.1, 0.15) is 0 Å². The van der Waals surface area contributed by atoms with E-state index in [1.807, 2.05) is 0 Å². The molecule has 1 aromatic rings. The van der Waals surface area contributed by atoms with E-state index in [1.165, 1.54) is 11.1 Å². The lowest BCUT2D eigenvalue weighted by Gasteiger charge is -2.45. The molecule has 0 bridgehead atoms. The summed E-state index contributed by atoms with van der Waals surface area (Å²) < 4.78 is 0. The molecule has 0 saturated heterocycles. The molecule has 1 aliphatic rings. The highest BCUT2D eigenvalue weighted by Crippen LogP contribution is 2.46. The van der Waals surface area contributed by atoms with Gasteiger partial charge in [-0.25, -0.2) is 0 Å². The Bertz CT molecular complexity index is 400. The Kier molecular flexibility index (Phi) is 3.28. The molecule has 1 aromatic carbocycles. The van der Waals surface area contributed by atoms with Gasteiger partial charge in [0, 0.05) is 18.6 Å². The van der Waals surface area contributed by atoms with Gasteiger partial charge < -0.3 is 10.8 Å². The molecular weight excluding hydrogens is 210 g/mol. The molecule has 2 nitrogen and oxygen atoms in total. The Morgan fingerprint density at radius 2 is 1.82 bits per heavy atom. The van der Waals surface area contributed by atoms with Crippen LogP contribution in [0.5, 0.6) is 0 Å². The summed E-state index contributed by atoms with van der Waals surface area (Å²) in [6, 6.07) is 8.60. The molecule has 0 aliphatic heterocycles. The topological polar surface area (TPSA) is 46.2 Å². The van der Waals surface area contributed by atoms with Crippen LogP contribution in [0.25, 0.3) is 0 Å². The second-order valence-electron chi connectivity index (χ2n) is 5.89. The number of rotatable bonds is 3. The van der Waals surface area contributed by atoms with Gasteiger partial charge in [0.15, 0.2) is 0 Å². The van der Waals surface area contributed by atoms with Crippen molar-refractivity contribution in [2.24, 2.45) is 5.73 Å². The van der Waals surface area contributed by atoms with Crippen molar-refractivity contribution in [2.75, 3.05) is 13.2 Å². The molecule has 0 fully saturated rings. The van der Waals surface area contributed by atoms with Crippen molar-refractivity contribution in [2.45, 2.75) is 43.9 Å². The maximum absolute atomic E-state index is 9.31. The lowest BCUT2D eigenvalue weighted by Crippen LogP contribution is -2.43. The molecule has 0 aromatic heterocycles. The summed E-state index contributed by atoms with van der Waals surface area (Å²) in [4.78, 5) is 0. The Labute approximate surface area is 104 Å². The van der Waals surface area contributed by atoms with Gasteiger partial charge in [-0.1, -0.05) is 38.1 Å². The molecule has 0 radical (unpaired) electrons. The third kappa shape index (κ3) is 2.00. The summed E-state index contributed by atoms with van der Waals surface area (Å²) >= 11 is 0. The highest BCUT2D eigenvalue weighted by atomic mass is 16.3. The maximum Gasteiger partial charge on any atom is 0.0440 e. The van der Waals surface area contributed by atoms with Gasteiger partial charge in [-0.3, -0.25) is 0 Å². The number of aliphatic hydroxyl groups is 1. The Balaban J connectivity index is 2.54. The van der Waals surface area contributed by atoms with Crippen LogP contribution in [0.1, 0.15) is 44.2 Å². The summed E-state index contributed by atoms with van der Waals surface area (Å²) in [5.41, 5.74) is 8.99. The molecule has 1 unspecified atom stereocenters. The molecule has 17 heavy (non-hydrogen) atoms. The minimum absolute atomic E-state index is 0.0130. The van der Waals surface area contributed by atoms with Gasteiger partial charge in [0.25, 0.3) is 0 Å². The predicted octanol–water partition coefficient (Wildman–Crippen LogP) is 2.34. The van der Waals surface area contributed by atoms with Crippen molar-refractivity contribution in [3.8, 4) is 0 Å². The fourth-order valence-electron chi connectivity index (χ4n) is 3.14. The molecule has 3 N–H and O–H groups in total. The first-order valence-electron chi connectivity index (χ1n) is 6.47. The summed E-state index contributed by atoms with van der Waals surface area (Å²) in [6.07, 6.45) is 2.99. The van der Waals surface area contributed by atoms with Crippen LogP contribution in [0.2, 0.25) is 0 Å². The molecule has 1 atom stereocenters. The monoisotopic (exact) mass is 233 g/mol. The molecule has 0 saturated carbocycles. The highest BCUT2D eigenvalue weighted by Gasteiger charge is 2.41. The van der Waals surface area contributed by atoms with Crippen LogP contribution in [0.15, 0.2) is 24.3 Å². The molecule has 0 heterocycles. The van der Waals surface area contributed by atoms with Crippen LogP contribution in [-0.2, 0) is 10.8 Å². The number of nitrogens with two attached hydrogens (primary N) is 1. The van der Waals surface area contributed by atoms with Crippen molar-refractivity contribution in [1.82, 2.24) is 0 Å². The first-order valence-corrected chi connectivity index (χ1v) is 6.47. The zero-order chi connectivity index (χ0) is 12.5. The summed E-state index contributed by atoms with van der Waals surface area (Å²) in [7, 11) is 0. The van der Waals surface area contributed by atoms with Gasteiger partial charge in [0.05, 0.1) is 0 Å². The van der Waals surface area contributed by atoms with Crippen LogP contribution in [0.3, 0.4) is 0 Å². The van der Waals surface area contributed by atoms with E-state index >= 15 is 0 Å². The van der Waals surface area contributed by atoms with Gasteiger partial charge in [0.2, 0.25) is 0 Å². The highest BCUT2D eigenvalue weighted by molar-refractivity contribution is 5.42.